The van der Waals surface area contributed by atoms with Crippen LogP contribution in [-0.2, 0) is 11.3 Å². The molecule has 1 aromatic rings. The van der Waals surface area contributed by atoms with Crippen LogP contribution in [0, 0.1) is 0 Å². The molecule has 0 spiro atoms. The Morgan fingerprint density at radius 3 is 2.79 bits per heavy atom. The monoisotopic (exact) mass is 298 g/mol. The number of carbonyl (C=O) groups is 1. The zero-order chi connectivity index (χ0) is 10.7. The summed E-state index contributed by atoms with van der Waals surface area (Å²) in [7, 11) is 0. The first-order valence-electron chi connectivity index (χ1n) is 3.55. The third-order valence-corrected chi connectivity index (χ3v) is 2.79. The summed E-state index contributed by atoms with van der Waals surface area (Å²) in [5.41, 5.74) is -0.562. The Labute approximate surface area is 97.9 Å². The zero-order valence-electron chi connectivity index (χ0n) is 6.84. The van der Waals surface area contributed by atoms with Crippen LogP contribution in [-0.4, -0.2) is 20.9 Å². The van der Waals surface area contributed by atoms with E-state index in [0.717, 1.165) is 4.68 Å². The first kappa shape index (κ1) is 11.7. The van der Waals surface area contributed by atoms with Crippen molar-refractivity contribution >= 4 is 44.9 Å². The van der Waals surface area contributed by atoms with Crippen LogP contribution in [0.1, 0.15) is 0 Å². The lowest BCUT2D eigenvalue weighted by atomic mass is 10.4. The highest BCUT2D eigenvalue weighted by Gasteiger charge is 2.09. The molecule has 0 aliphatic carbocycles. The van der Waals surface area contributed by atoms with Gasteiger partial charge in [0.15, 0.2) is 5.78 Å². The van der Waals surface area contributed by atoms with Crippen molar-refractivity contribution in [1.82, 2.24) is 9.78 Å². The summed E-state index contributed by atoms with van der Waals surface area (Å²) in [6.07, 6.45) is 1.23. The van der Waals surface area contributed by atoms with Gasteiger partial charge in [-0.2, -0.15) is 5.10 Å². The van der Waals surface area contributed by atoms with Crippen LogP contribution in [0.15, 0.2) is 11.0 Å². The molecule has 0 saturated heterocycles. The molecule has 0 amide bonds. The summed E-state index contributed by atoms with van der Waals surface area (Å²) in [5, 5.41) is 3.80. The number of nitrogens with zero attached hydrogens (tertiary/aromatic N) is 2. The van der Waals surface area contributed by atoms with Gasteiger partial charge in [0.2, 0.25) is 0 Å². The van der Waals surface area contributed by atoms with Crippen LogP contribution in [0.4, 0.5) is 0 Å². The minimum atomic E-state index is -0.562. The summed E-state index contributed by atoms with van der Waals surface area (Å²) in [5.74, 6) is -0.169. The molecular formula is C7H5BrCl2N2O2. The largest absolute Gasteiger partial charge is 0.297 e. The van der Waals surface area contributed by atoms with E-state index >= 15 is 0 Å². The summed E-state index contributed by atoms with van der Waals surface area (Å²) in [6.45, 7) is -0.110. The van der Waals surface area contributed by atoms with Gasteiger partial charge in [-0.3, -0.25) is 9.59 Å². The molecule has 0 fully saturated rings. The fourth-order valence-corrected chi connectivity index (χ4v) is 1.22. The zero-order valence-corrected chi connectivity index (χ0v) is 9.93. The molecule has 0 aliphatic heterocycles. The van der Waals surface area contributed by atoms with Crippen LogP contribution >= 0.6 is 39.1 Å². The fraction of sp³-hybridized carbons (Fsp3) is 0.286. The van der Waals surface area contributed by atoms with Gasteiger partial charge in [0.05, 0.1) is 16.5 Å². The predicted octanol–water partition coefficient (Wildman–Crippen LogP) is 1.51. The van der Waals surface area contributed by atoms with E-state index < -0.39 is 5.56 Å². The molecule has 0 unspecified atom stereocenters. The maximum atomic E-state index is 11.4. The Hall–Kier alpha value is -0.390. The second-order valence-electron chi connectivity index (χ2n) is 2.44. The lowest BCUT2D eigenvalue weighted by molar-refractivity contribution is -0.117. The van der Waals surface area contributed by atoms with Crippen molar-refractivity contribution in [2.24, 2.45) is 0 Å². The fourth-order valence-electron chi connectivity index (χ4n) is 0.767. The summed E-state index contributed by atoms with van der Waals surface area (Å²) >= 11 is 14.1. The Kier molecular flexibility index (Phi) is 4.10. The van der Waals surface area contributed by atoms with Crippen LogP contribution in [0.5, 0.6) is 0 Å². The highest BCUT2D eigenvalue weighted by Crippen LogP contribution is 2.14. The minimum Gasteiger partial charge on any atom is -0.297 e. The van der Waals surface area contributed by atoms with Gasteiger partial charge in [0, 0.05) is 0 Å². The quantitative estimate of drug-likeness (QED) is 0.795. The normalized spacial score (nSPS) is 10.2. The minimum absolute atomic E-state index is 0.0826. The van der Waals surface area contributed by atoms with Crippen molar-refractivity contribution in [3.8, 4) is 0 Å². The number of Topliss-reactive ketones (excluding diaryl/α,β-unsaturated/α-hetero) is 1. The third-order valence-electron chi connectivity index (χ3n) is 1.42. The van der Waals surface area contributed by atoms with Gasteiger partial charge in [-0.1, -0.05) is 39.1 Å². The predicted molar refractivity (Wildman–Crippen MR) is 57.3 cm³/mol. The van der Waals surface area contributed by atoms with Crippen molar-refractivity contribution in [3.63, 3.8) is 0 Å². The molecule has 0 bridgehead atoms. The molecule has 0 saturated carbocycles. The van der Waals surface area contributed by atoms with Crippen LogP contribution in [0.2, 0.25) is 10.0 Å². The molecule has 7 heteroatoms. The van der Waals surface area contributed by atoms with E-state index in [-0.39, 0.29) is 27.7 Å². The van der Waals surface area contributed by atoms with Crippen molar-refractivity contribution in [2.75, 3.05) is 5.33 Å². The molecule has 0 aliphatic rings. The SMILES string of the molecule is O=C(CBr)Cn1ncc(Cl)c(Cl)c1=O. The first-order valence-corrected chi connectivity index (χ1v) is 5.42. The van der Waals surface area contributed by atoms with Crippen LogP contribution in [0.3, 0.4) is 0 Å². The molecule has 0 radical (unpaired) electrons. The van der Waals surface area contributed by atoms with Gasteiger partial charge in [-0.15, -0.1) is 0 Å². The topological polar surface area (TPSA) is 52.0 Å². The van der Waals surface area contributed by atoms with Gasteiger partial charge in [0.25, 0.3) is 5.56 Å². The first-order chi connectivity index (χ1) is 6.56. The van der Waals surface area contributed by atoms with E-state index in [1.165, 1.54) is 6.20 Å². The van der Waals surface area contributed by atoms with Gasteiger partial charge >= 0.3 is 0 Å². The van der Waals surface area contributed by atoms with Crippen molar-refractivity contribution in [2.45, 2.75) is 6.54 Å². The molecule has 14 heavy (non-hydrogen) atoms. The van der Waals surface area contributed by atoms with E-state index in [1.54, 1.807) is 0 Å². The van der Waals surface area contributed by atoms with Gasteiger partial charge in [-0.25, -0.2) is 4.68 Å². The van der Waals surface area contributed by atoms with Gasteiger partial charge in [0.1, 0.15) is 11.6 Å². The summed E-state index contributed by atoms with van der Waals surface area (Å²) in [4.78, 5) is 22.4. The third kappa shape index (κ3) is 2.56. The van der Waals surface area contributed by atoms with E-state index in [2.05, 4.69) is 21.0 Å². The Morgan fingerprint density at radius 1 is 1.57 bits per heavy atom. The Morgan fingerprint density at radius 2 is 2.21 bits per heavy atom. The molecule has 1 rings (SSSR count). The highest BCUT2D eigenvalue weighted by molar-refractivity contribution is 9.09. The standard InChI is InChI=1S/C7H5BrCl2N2O2/c8-1-4(13)3-12-7(14)6(10)5(9)2-11-12/h2H,1,3H2. The number of alkyl halides is 1. The van der Waals surface area contributed by atoms with E-state index in [0.29, 0.717) is 0 Å². The highest BCUT2D eigenvalue weighted by atomic mass is 79.9. The molecule has 4 nitrogen and oxygen atoms in total. The maximum absolute atomic E-state index is 11.4. The molecular weight excluding hydrogens is 295 g/mol. The van der Waals surface area contributed by atoms with Crippen molar-refractivity contribution < 1.29 is 4.79 Å². The molecule has 0 aromatic carbocycles. The maximum Gasteiger partial charge on any atom is 0.287 e. The average Bonchev–Trinajstić information content (AvgIpc) is 2.19. The number of halogens is 3. The number of aromatic nitrogens is 2. The number of carbonyl (C=O) groups excluding carboxylic acids is 1. The van der Waals surface area contributed by atoms with Gasteiger partial charge in [-0.05, 0) is 0 Å². The summed E-state index contributed by atoms with van der Waals surface area (Å²) < 4.78 is 0.970. The second-order valence-corrected chi connectivity index (χ2v) is 3.79. The van der Waals surface area contributed by atoms with Crippen LogP contribution < -0.4 is 5.56 Å². The van der Waals surface area contributed by atoms with Crippen molar-refractivity contribution in [3.05, 3.63) is 26.6 Å². The van der Waals surface area contributed by atoms with Crippen molar-refractivity contribution in [1.29, 1.82) is 0 Å². The molecule has 1 heterocycles. The molecule has 1 aromatic heterocycles. The smallest absolute Gasteiger partial charge is 0.287 e. The molecule has 76 valence electrons. The summed E-state index contributed by atoms with van der Waals surface area (Å²) in [6, 6.07) is 0. The van der Waals surface area contributed by atoms with Crippen LogP contribution in [0.25, 0.3) is 0 Å². The number of ketones is 1. The van der Waals surface area contributed by atoms with Gasteiger partial charge < -0.3 is 0 Å². The Bertz CT molecular complexity index is 419. The lowest BCUT2D eigenvalue weighted by Gasteiger charge is -2.02. The number of hydrogen-bond donors (Lipinski definition) is 0. The number of hydrogen-bond acceptors (Lipinski definition) is 3. The molecule has 0 atom stereocenters. The van der Waals surface area contributed by atoms with E-state index in [9.17, 15) is 9.59 Å². The van der Waals surface area contributed by atoms with E-state index in [1.807, 2.05) is 0 Å². The second kappa shape index (κ2) is 4.91. The number of rotatable bonds is 3. The lowest BCUT2D eigenvalue weighted by Crippen LogP contribution is -2.27. The van der Waals surface area contributed by atoms with E-state index in [4.69, 9.17) is 23.2 Å². The molecule has 0 N–H and O–H groups in total. The Balaban J connectivity index is 3.06. The average molecular weight is 300 g/mol.